The lowest BCUT2D eigenvalue weighted by Gasteiger charge is -2.14. The molecule has 1 heterocycles. The molecule has 1 aliphatic heterocycles. The largest absolute Gasteiger partial charge is 0.293 e. The summed E-state index contributed by atoms with van der Waals surface area (Å²) in [4.78, 5) is 4.30. The first kappa shape index (κ1) is 9.96. The van der Waals surface area contributed by atoms with Crippen molar-refractivity contribution in [3.63, 3.8) is 0 Å². The van der Waals surface area contributed by atoms with Gasteiger partial charge in [0.2, 0.25) is 0 Å². The van der Waals surface area contributed by atoms with E-state index in [4.69, 9.17) is 17.4 Å². The number of hydrazine groups is 1. The number of hydrogen-bond acceptors (Lipinski definition) is 3. The Morgan fingerprint density at radius 1 is 1.50 bits per heavy atom. The van der Waals surface area contributed by atoms with Crippen molar-refractivity contribution in [1.29, 1.82) is 0 Å². The lowest BCUT2D eigenvalue weighted by molar-refractivity contribution is 0.484. The second kappa shape index (κ2) is 3.88. The van der Waals surface area contributed by atoms with Gasteiger partial charge in [-0.2, -0.15) is 0 Å². The van der Waals surface area contributed by atoms with Crippen molar-refractivity contribution in [1.82, 2.24) is 5.01 Å². The van der Waals surface area contributed by atoms with E-state index < -0.39 is 0 Å². The van der Waals surface area contributed by atoms with Gasteiger partial charge in [0.25, 0.3) is 0 Å². The van der Waals surface area contributed by atoms with Crippen molar-refractivity contribution >= 4 is 33.4 Å². The summed E-state index contributed by atoms with van der Waals surface area (Å²) in [6, 6.07) is 5.68. The third kappa shape index (κ3) is 1.78. The Bertz CT molecular complexity index is 392. The van der Waals surface area contributed by atoms with Crippen molar-refractivity contribution in [2.75, 3.05) is 13.1 Å². The summed E-state index contributed by atoms with van der Waals surface area (Å²) in [6.45, 7) is 1.49. The molecular weight excluding hydrogens is 265 g/mol. The Morgan fingerprint density at radius 3 is 2.86 bits per heavy atom. The highest BCUT2D eigenvalue weighted by Crippen LogP contribution is 2.23. The van der Waals surface area contributed by atoms with E-state index in [1.807, 2.05) is 18.2 Å². The highest BCUT2D eigenvalue weighted by molar-refractivity contribution is 9.10. The van der Waals surface area contributed by atoms with Gasteiger partial charge in [-0.15, -0.1) is 0 Å². The van der Waals surface area contributed by atoms with Crippen LogP contribution in [0.3, 0.4) is 0 Å². The summed E-state index contributed by atoms with van der Waals surface area (Å²) in [7, 11) is 0. The molecule has 14 heavy (non-hydrogen) atoms. The van der Waals surface area contributed by atoms with Crippen molar-refractivity contribution < 1.29 is 0 Å². The molecule has 0 radical (unpaired) electrons. The number of rotatable bonds is 1. The van der Waals surface area contributed by atoms with E-state index in [0.717, 1.165) is 29.0 Å². The Balaban J connectivity index is 2.41. The van der Waals surface area contributed by atoms with Gasteiger partial charge in [0.1, 0.15) is 5.84 Å². The molecule has 74 valence electrons. The SMILES string of the molecule is NN1CCN=C1c1ccc(Br)cc1Cl. The third-order valence-corrected chi connectivity index (χ3v) is 2.85. The van der Waals surface area contributed by atoms with Crippen molar-refractivity contribution in [3.8, 4) is 0 Å². The molecule has 0 aromatic heterocycles. The van der Waals surface area contributed by atoms with Gasteiger partial charge in [0, 0.05) is 10.0 Å². The molecule has 0 saturated carbocycles. The number of aliphatic imine (C=N–C) groups is 1. The molecule has 1 aliphatic rings. The molecule has 2 rings (SSSR count). The number of hydrogen-bond donors (Lipinski definition) is 1. The zero-order valence-electron chi connectivity index (χ0n) is 7.37. The zero-order valence-corrected chi connectivity index (χ0v) is 9.72. The van der Waals surface area contributed by atoms with Gasteiger partial charge in [-0.05, 0) is 18.2 Å². The van der Waals surface area contributed by atoms with Crippen LogP contribution in [0.1, 0.15) is 5.56 Å². The molecule has 0 amide bonds. The molecule has 0 bridgehead atoms. The van der Waals surface area contributed by atoms with Crippen LogP contribution >= 0.6 is 27.5 Å². The number of halogens is 2. The van der Waals surface area contributed by atoms with E-state index >= 15 is 0 Å². The molecule has 5 heteroatoms. The van der Waals surface area contributed by atoms with E-state index in [-0.39, 0.29) is 0 Å². The number of nitrogens with zero attached hydrogens (tertiary/aromatic N) is 2. The van der Waals surface area contributed by atoms with Gasteiger partial charge >= 0.3 is 0 Å². The predicted molar refractivity (Wildman–Crippen MR) is 61.4 cm³/mol. The Kier molecular flexibility index (Phi) is 2.76. The fraction of sp³-hybridized carbons (Fsp3) is 0.222. The molecule has 1 aromatic rings. The van der Waals surface area contributed by atoms with E-state index in [2.05, 4.69) is 20.9 Å². The molecule has 2 N–H and O–H groups in total. The van der Waals surface area contributed by atoms with Gasteiger partial charge in [0.05, 0.1) is 18.1 Å². The molecule has 1 aromatic carbocycles. The van der Waals surface area contributed by atoms with E-state index in [1.165, 1.54) is 0 Å². The van der Waals surface area contributed by atoms with Crippen molar-refractivity contribution in [3.05, 3.63) is 33.3 Å². The smallest absolute Gasteiger partial charge is 0.146 e. The summed E-state index contributed by atoms with van der Waals surface area (Å²) in [5.41, 5.74) is 0.884. The van der Waals surface area contributed by atoms with E-state index in [0.29, 0.717) is 5.02 Å². The lowest BCUT2D eigenvalue weighted by Crippen LogP contribution is -2.35. The summed E-state index contributed by atoms with van der Waals surface area (Å²) < 4.78 is 0.952. The van der Waals surface area contributed by atoms with Crippen molar-refractivity contribution in [2.45, 2.75) is 0 Å². The molecule has 0 atom stereocenters. The predicted octanol–water partition coefficient (Wildman–Crippen LogP) is 2.04. The average Bonchev–Trinajstić information content (AvgIpc) is 2.52. The fourth-order valence-corrected chi connectivity index (χ4v) is 2.13. The minimum atomic E-state index is 0.662. The zero-order chi connectivity index (χ0) is 10.1. The molecule has 0 unspecified atom stereocenters. The van der Waals surface area contributed by atoms with Crippen LogP contribution in [0.25, 0.3) is 0 Å². The Hall–Kier alpha value is -0.580. The highest BCUT2D eigenvalue weighted by atomic mass is 79.9. The van der Waals surface area contributed by atoms with E-state index in [1.54, 1.807) is 5.01 Å². The summed E-state index contributed by atoms with van der Waals surface area (Å²) in [5, 5.41) is 2.28. The summed E-state index contributed by atoms with van der Waals surface area (Å²) in [5.74, 6) is 6.52. The van der Waals surface area contributed by atoms with Gasteiger partial charge in [0.15, 0.2) is 0 Å². The van der Waals surface area contributed by atoms with E-state index in [9.17, 15) is 0 Å². The van der Waals surface area contributed by atoms with Crippen LogP contribution in [-0.2, 0) is 0 Å². The third-order valence-electron chi connectivity index (χ3n) is 2.05. The minimum absolute atomic E-state index is 0.662. The van der Waals surface area contributed by atoms with Gasteiger partial charge in [-0.25, -0.2) is 5.84 Å². The molecule has 0 fully saturated rings. The standard InChI is InChI=1S/C9H9BrClN3/c10-6-1-2-7(8(11)5-6)9-13-3-4-14(9)12/h1-2,5H,3-4,12H2. The monoisotopic (exact) mass is 273 g/mol. The van der Waals surface area contributed by atoms with Crippen LogP contribution in [0.2, 0.25) is 5.02 Å². The number of benzene rings is 1. The normalized spacial score (nSPS) is 15.9. The second-order valence-electron chi connectivity index (χ2n) is 3.02. The van der Waals surface area contributed by atoms with Crippen LogP contribution < -0.4 is 5.84 Å². The van der Waals surface area contributed by atoms with Gasteiger partial charge in [-0.1, -0.05) is 27.5 Å². The second-order valence-corrected chi connectivity index (χ2v) is 4.35. The van der Waals surface area contributed by atoms with Gasteiger partial charge in [-0.3, -0.25) is 10.0 Å². The number of nitrogens with two attached hydrogens (primary N) is 1. The van der Waals surface area contributed by atoms with Crippen LogP contribution in [0.5, 0.6) is 0 Å². The first-order valence-corrected chi connectivity index (χ1v) is 5.37. The maximum atomic E-state index is 6.08. The molecule has 0 aliphatic carbocycles. The minimum Gasteiger partial charge on any atom is -0.293 e. The van der Waals surface area contributed by atoms with Gasteiger partial charge < -0.3 is 0 Å². The quantitative estimate of drug-likeness (QED) is 0.796. The molecular formula is C9H9BrClN3. The first-order chi connectivity index (χ1) is 6.68. The number of amidine groups is 1. The summed E-state index contributed by atoms with van der Waals surface area (Å²) >= 11 is 9.43. The fourth-order valence-electron chi connectivity index (χ4n) is 1.37. The summed E-state index contributed by atoms with van der Waals surface area (Å²) in [6.07, 6.45) is 0. The van der Waals surface area contributed by atoms with Crippen LogP contribution in [0, 0.1) is 0 Å². The van der Waals surface area contributed by atoms with Crippen molar-refractivity contribution in [2.24, 2.45) is 10.8 Å². The Labute approximate surface area is 95.7 Å². The molecule has 3 nitrogen and oxygen atoms in total. The first-order valence-electron chi connectivity index (χ1n) is 4.20. The molecule has 0 saturated heterocycles. The van der Waals surface area contributed by atoms with Crippen LogP contribution in [0.15, 0.2) is 27.7 Å². The Morgan fingerprint density at radius 2 is 2.29 bits per heavy atom. The van der Waals surface area contributed by atoms with Crippen LogP contribution in [-0.4, -0.2) is 23.9 Å². The maximum Gasteiger partial charge on any atom is 0.146 e. The maximum absolute atomic E-state index is 6.08. The highest BCUT2D eigenvalue weighted by Gasteiger charge is 2.17. The van der Waals surface area contributed by atoms with Crippen LogP contribution in [0.4, 0.5) is 0 Å². The average molecular weight is 275 g/mol. The molecule has 0 spiro atoms. The topological polar surface area (TPSA) is 41.6 Å². The lowest BCUT2D eigenvalue weighted by atomic mass is 10.2.